The molecular weight excluding hydrogens is 560 g/mol. The molecule has 0 aromatic heterocycles. The van der Waals surface area contributed by atoms with Crippen LogP contribution in [0.5, 0.6) is 0 Å². The Bertz CT molecular complexity index is 923. The highest BCUT2D eigenvalue weighted by Crippen LogP contribution is 2.36. The Kier molecular flexibility index (Phi) is 13.3. The van der Waals surface area contributed by atoms with Gasteiger partial charge in [-0.25, -0.2) is 0 Å². The highest BCUT2D eigenvalue weighted by atomic mass is 16.5. The van der Waals surface area contributed by atoms with Crippen LogP contribution in [0.3, 0.4) is 0 Å². The maximum Gasteiger partial charge on any atom is 0.320 e. The van der Waals surface area contributed by atoms with Gasteiger partial charge >= 0.3 is 17.9 Å². The first-order valence-corrected chi connectivity index (χ1v) is 16.6. The molecule has 2 aliphatic heterocycles. The first-order valence-electron chi connectivity index (χ1n) is 16.6. The van der Waals surface area contributed by atoms with E-state index < -0.39 is 17.9 Å². The first-order chi connectivity index (χ1) is 20.1. The van der Waals surface area contributed by atoms with Crippen LogP contribution in [0.2, 0.25) is 0 Å². The van der Waals surface area contributed by atoms with Crippen LogP contribution in [0.25, 0.3) is 0 Å². The van der Waals surface area contributed by atoms with Crippen molar-refractivity contribution < 1.29 is 28.6 Å². The fourth-order valence-corrected chi connectivity index (χ4v) is 7.37. The van der Waals surface area contributed by atoms with Gasteiger partial charge < -0.3 is 30.2 Å². The van der Waals surface area contributed by atoms with Crippen LogP contribution in [0.1, 0.15) is 109 Å². The second kappa shape index (κ2) is 15.2. The zero-order chi connectivity index (χ0) is 33.6. The third-order valence-corrected chi connectivity index (χ3v) is 9.34. The smallest absolute Gasteiger partial charge is 0.320 e. The predicted octanol–water partition coefficient (Wildman–Crippen LogP) is 4.06. The van der Waals surface area contributed by atoms with Gasteiger partial charge in [0.15, 0.2) is 0 Å². The summed E-state index contributed by atoms with van der Waals surface area (Å²) in [5.74, 6) is -0.946. The van der Waals surface area contributed by atoms with E-state index in [0.717, 1.165) is 32.2 Å². The van der Waals surface area contributed by atoms with E-state index >= 15 is 0 Å². The first kappa shape index (κ1) is 38.4. The molecule has 0 aromatic carbocycles. The van der Waals surface area contributed by atoms with Gasteiger partial charge in [0.2, 0.25) is 0 Å². The van der Waals surface area contributed by atoms with E-state index in [-0.39, 0.29) is 84.9 Å². The Morgan fingerprint density at radius 1 is 0.773 bits per heavy atom. The molecule has 3 N–H and O–H groups in total. The monoisotopic (exact) mass is 624 g/mol. The van der Waals surface area contributed by atoms with Crippen molar-refractivity contribution in [1.29, 1.82) is 0 Å². The van der Waals surface area contributed by atoms with Crippen molar-refractivity contribution in [3.63, 3.8) is 0 Å². The maximum absolute atomic E-state index is 13.0. The van der Waals surface area contributed by atoms with Crippen LogP contribution in [0, 0.1) is 17.8 Å². The molecule has 2 fully saturated rings. The van der Waals surface area contributed by atoms with Gasteiger partial charge in [0.1, 0.15) is 0 Å². The van der Waals surface area contributed by atoms with E-state index in [0.29, 0.717) is 0 Å². The second-order valence-corrected chi connectivity index (χ2v) is 16.4. The normalized spacial score (nSPS) is 24.2. The molecular formula is C34H64N4O6. The summed E-state index contributed by atoms with van der Waals surface area (Å²) in [6, 6.07) is 0. The average molecular weight is 625 g/mol. The molecule has 0 aliphatic carbocycles. The van der Waals surface area contributed by atoms with Gasteiger partial charge in [0.05, 0.1) is 39.5 Å². The number of hydrogen-bond acceptors (Lipinski definition) is 10. The fraction of sp³-hybridized carbons (Fsp3) is 0.912. The zero-order valence-corrected chi connectivity index (χ0v) is 29.9. The molecule has 10 nitrogen and oxygen atoms in total. The lowest BCUT2D eigenvalue weighted by molar-refractivity contribution is -0.153. The SMILES string of the molecule is CCNC(C)(C)CC(CC)COC(=O)CN(CC(=O)OCC1CC(C)(C)NC1(C)C)CC(=O)OCC1CC(C)(C)NC1(C)C. The topological polar surface area (TPSA) is 118 Å². The molecule has 2 rings (SSSR count). The van der Waals surface area contributed by atoms with Crippen molar-refractivity contribution in [3.8, 4) is 0 Å². The van der Waals surface area contributed by atoms with Crippen molar-refractivity contribution in [1.82, 2.24) is 20.9 Å². The number of carbonyl (C=O) groups excluding carboxylic acids is 3. The highest BCUT2D eigenvalue weighted by molar-refractivity contribution is 5.78. The van der Waals surface area contributed by atoms with E-state index in [1.54, 1.807) is 0 Å². The number of ether oxygens (including phenoxy) is 3. The van der Waals surface area contributed by atoms with Gasteiger partial charge in [-0.15, -0.1) is 0 Å². The third kappa shape index (κ3) is 12.6. The van der Waals surface area contributed by atoms with E-state index in [1.165, 1.54) is 4.90 Å². The number of hydrogen-bond donors (Lipinski definition) is 3. The number of rotatable bonds is 17. The summed E-state index contributed by atoms with van der Waals surface area (Å²) < 4.78 is 17.1. The number of nitrogens with zero attached hydrogens (tertiary/aromatic N) is 1. The molecule has 2 saturated heterocycles. The van der Waals surface area contributed by atoms with Gasteiger partial charge in [-0.1, -0.05) is 13.8 Å². The number of esters is 3. The molecule has 0 bridgehead atoms. The summed E-state index contributed by atoms with van der Waals surface area (Å²) in [6.45, 7) is 26.6. The molecule has 2 heterocycles. The molecule has 0 aromatic rings. The molecule has 3 unspecified atom stereocenters. The quantitative estimate of drug-likeness (QED) is 0.162. The van der Waals surface area contributed by atoms with Crippen LogP contribution >= 0.6 is 0 Å². The summed E-state index contributed by atoms with van der Waals surface area (Å²) in [5, 5.41) is 10.7. The lowest BCUT2D eigenvalue weighted by Gasteiger charge is -2.30. The van der Waals surface area contributed by atoms with Gasteiger partial charge in [-0.3, -0.25) is 19.3 Å². The summed E-state index contributed by atoms with van der Waals surface area (Å²) in [6.07, 6.45) is 3.49. The van der Waals surface area contributed by atoms with Gasteiger partial charge in [0.25, 0.3) is 0 Å². The molecule has 0 saturated carbocycles. The van der Waals surface area contributed by atoms with Gasteiger partial charge in [-0.05, 0) is 107 Å². The van der Waals surface area contributed by atoms with Crippen molar-refractivity contribution in [3.05, 3.63) is 0 Å². The largest absolute Gasteiger partial charge is 0.464 e. The van der Waals surface area contributed by atoms with Crippen LogP contribution in [-0.2, 0) is 28.6 Å². The minimum absolute atomic E-state index is 0.0447. The zero-order valence-electron chi connectivity index (χ0n) is 29.9. The predicted molar refractivity (Wildman–Crippen MR) is 174 cm³/mol. The summed E-state index contributed by atoms with van der Waals surface area (Å²) in [4.78, 5) is 40.4. The van der Waals surface area contributed by atoms with Gasteiger partial charge in [0, 0.05) is 39.5 Å². The Morgan fingerprint density at radius 3 is 1.52 bits per heavy atom. The van der Waals surface area contributed by atoms with E-state index in [1.807, 2.05) is 0 Å². The minimum Gasteiger partial charge on any atom is -0.464 e. The Balaban J connectivity index is 2.00. The molecule has 44 heavy (non-hydrogen) atoms. The fourth-order valence-electron chi connectivity index (χ4n) is 7.37. The summed E-state index contributed by atoms with van der Waals surface area (Å²) in [7, 11) is 0. The van der Waals surface area contributed by atoms with Crippen LogP contribution in [-0.4, -0.2) is 96.5 Å². The molecule has 3 atom stereocenters. The van der Waals surface area contributed by atoms with E-state index in [9.17, 15) is 14.4 Å². The van der Waals surface area contributed by atoms with Crippen molar-refractivity contribution >= 4 is 17.9 Å². The Hall–Kier alpha value is -1.75. The van der Waals surface area contributed by atoms with E-state index in [2.05, 4.69) is 99.0 Å². The molecule has 0 spiro atoms. The van der Waals surface area contributed by atoms with Crippen molar-refractivity contribution in [2.24, 2.45) is 17.8 Å². The lowest BCUT2D eigenvalue weighted by Crippen LogP contribution is -2.46. The molecule has 2 aliphatic rings. The molecule has 10 heteroatoms. The number of carbonyl (C=O) groups is 3. The van der Waals surface area contributed by atoms with Crippen LogP contribution < -0.4 is 16.0 Å². The van der Waals surface area contributed by atoms with Gasteiger partial charge in [-0.2, -0.15) is 0 Å². The van der Waals surface area contributed by atoms with Crippen molar-refractivity contribution in [2.45, 2.75) is 136 Å². The standard InChI is InChI=1S/C34H64N4O6/c1-13-24(15-30(3,4)35-14-2)21-42-27(39)18-38(19-28(40)43-22-25-16-31(5,6)36-33(25,9)10)20-29(41)44-23-26-17-32(7,8)37-34(26,11)12/h24-26,35-37H,13-23H2,1-12H3. The van der Waals surface area contributed by atoms with Crippen molar-refractivity contribution in [2.75, 3.05) is 46.0 Å². The summed E-state index contributed by atoms with van der Waals surface area (Å²) in [5.41, 5.74) is -0.510. The van der Waals surface area contributed by atoms with E-state index in [4.69, 9.17) is 14.2 Å². The molecule has 0 amide bonds. The number of nitrogens with one attached hydrogen (secondary N) is 3. The van der Waals surface area contributed by atoms with Crippen LogP contribution in [0.4, 0.5) is 0 Å². The average Bonchev–Trinajstić information content (AvgIpc) is 3.21. The maximum atomic E-state index is 13.0. The molecule has 256 valence electrons. The Morgan fingerprint density at radius 2 is 1.18 bits per heavy atom. The van der Waals surface area contributed by atoms with Crippen LogP contribution in [0.15, 0.2) is 0 Å². The third-order valence-electron chi connectivity index (χ3n) is 9.34. The lowest BCUT2D eigenvalue weighted by atomic mass is 9.88. The second-order valence-electron chi connectivity index (χ2n) is 16.4. The Labute approximate surface area is 267 Å². The highest BCUT2D eigenvalue weighted by Gasteiger charge is 2.45. The summed E-state index contributed by atoms with van der Waals surface area (Å²) >= 11 is 0. The molecule has 0 radical (unpaired) electrons. The minimum atomic E-state index is -0.479.